The van der Waals surface area contributed by atoms with E-state index in [0.717, 1.165) is 0 Å². The summed E-state index contributed by atoms with van der Waals surface area (Å²) in [5.74, 6) is -0.251. The maximum atomic E-state index is 12.2. The van der Waals surface area contributed by atoms with Crippen molar-refractivity contribution in [2.24, 2.45) is 0 Å². The Hall–Kier alpha value is -1.45. The Morgan fingerprint density at radius 2 is 2.10 bits per heavy atom. The normalized spacial score (nSPS) is 18.1. The van der Waals surface area contributed by atoms with Crippen molar-refractivity contribution < 1.29 is 17.9 Å². The van der Waals surface area contributed by atoms with Crippen molar-refractivity contribution in [1.82, 2.24) is 19.4 Å². The molecule has 2 rings (SSSR count). The van der Waals surface area contributed by atoms with Gasteiger partial charge in [0.05, 0.1) is 19.7 Å². The Labute approximate surface area is 117 Å². The van der Waals surface area contributed by atoms with E-state index >= 15 is 0 Å². The first-order valence-electron chi connectivity index (χ1n) is 6.32. The van der Waals surface area contributed by atoms with Crippen molar-refractivity contribution in [3.05, 3.63) is 12.4 Å². The van der Waals surface area contributed by atoms with Crippen LogP contribution in [0.4, 0.5) is 0 Å². The summed E-state index contributed by atoms with van der Waals surface area (Å²) in [6.07, 6.45) is 3.00. The molecule has 0 radical (unpaired) electrons. The molecule has 0 spiro atoms. The maximum Gasteiger partial charge on any atom is 0.306 e. The molecule has 0 aromatic carbocycles. The molecule has 1 fully saturated rings. The van der Waals surface area contributed by atoms with Crippen LogP contribution in [-0.2, 0) is 19.6 Å². The summed E-state index contributed by atoms with van der Waals surface area (Å²) in [5.41, 5.74) is 0. The molecule has 1 aromatic heterocycles. The largest absolute Gasteiger partial charge is 0.469 e. The summed E-state index contributed by atoms with van der Waals surface area (Å²) in [4.78, 5) is 13.3. The van der Waals surface area contributed by atoms with E-state index in [9.17, 15) is 13.2 Å². The minimum atomic E-state index is -3.46. The van der Waals surface area contributed by atoms with Crippen LogP contribution in [0.1, 0.15) is 6.42 Å². The highest BCUT2D eigenvalue weighted by atomic mass is 32.2. The number of rotatable bonds is 5. The minimum Gasteiger partial charge on any atom is -0.469 e. The first-order valence-corrected chi connectivity index (χ1v) is 7.76. The number of carbonyl (C=O) groups excluding carboxylic acids is 1. The number of nitrogens with one attached hydrogen (secondary N) is 1. The first-order chi connectivity index (χ1) is 9.54. The molecule has 8 nitrogen and oxygen atoms in total. The van der Waals surface area contributed by atoms with Crippen molar-refractivity contribution in [2.45, 2.75) is 11.3 Å². The molecule has 1 aromatic rings. The first kappa shape index (κ1) is 14.9. The van der Waals surface area contributed by atoms with Crippen LogP contribution in [0.2, 0.25) is 0 Å². The zero-order valence-electron chi connectivity index (χ0n) is 11.3. The fourth-order valence-corrected chi connectivity index (χ4v) is 3.40. The Morgan fingerprint density at radius 1 is 1.40 bits per heavy atom. The third kappa shape index (κ3) is 3.35. The lowest BCUT2D eigenvalue weighted by Crippen LogP contribution is -2.48. The third-order valence-corrected chi connectivity index (χ3v) is 5.17. The molecule has 1 aliphatic heterocycles. The minimum absolute atomic E-state index is 0.181. The van der Waals surface area contributed by atoms with Crippen LogP contribution in [-0.4, -0.2) is 73.6 Å². The molecule has 0 aliphatic carbocycles. The van der Waals surface area contributed by atoms with Crippen LogP contribution in [0.3, 0.4) is 0 Å². The molecule has 112 valence electrons. The monoisotopic (exact) mass is 302 g/mol. The highest BCUT2D eigenvalue weighted by Crippen LogP contribution is 2.16. The second kappa shape index (κ2) is 6.33. The van der Waals surface area contributed by atoms with Gasteiger partial charge in [-0.05, 0) is 0 Å². The lowest BCUT2D eigenvalue weighted by molar-refractivity contribution is -0.141. The van der Waals surface area contributed by atoms with E-state index in [2.05, 4.69) is 19.8 Å². The number of methoxy groups -OCH3 is 1. The Morgan fingerprint density at radius 3 is 2.65 bits per heavy atom. The van der Waals surface area contributed by atoms with Gasteiger partial charge in [-0.15, -0.1) is 0 Å². The van der Waals surface area contributed by atoms with Crippen LogP contribution in [0.15, 0.2) is 17.3 Å². The predicted octanol–water partition coefficient (Wildman–Crippen LogP) is -0.721. The number of nitrogens with zero attached hydrogens (tertiary/aromatic N) is 3. The molecule has 0 bridgehead atoms. The highest BCUT2D eigenvalue weighted by molar-refractivity contribution is 7.89. The molecule has 1 N–H and O–H groups in total. The second-order valence-electron chi connectivity index (χ2n) is 4.51. The van der Waals surface area contributed by atoms with Gasteiger partial charge in [-0.1, -0.05) is 0 Å². The topological polar surface area (TPSA) is 95.6 Å². The lowest BCUT2D eigenvalue weighted by atomic mass is 10.3. The molecule has 0 unspecified atom stereocenters. The van der Waals surface area contributed by atoms with Crippen molar-refractivity contribution in [3.8, 4) is 0 Å². The third-order valence-electron chi connectivity index (χ3n) is 3.30. The van der Waals surface area contributed by atoms with E-state index in [-0.39, 0.29) is 10.9 Å². The van der Waals surface area contributed by atoms with E-state index in [1.165, 1.54) is 23.8 Å². The molecule has 9 heteroatoms. The quantitative estimate of drug-likeness (QED) is 0.721. The number of esters is 1. The Balaban J connectivity index is 1.87. The van der Waals surface area contributed by atoms with E-state index in [1.54, 1.807) is 0 Å². The zero-order chi connectivity index (χ0) is 14.6. The Kier molecular flexibility index (Phi) is 4.73. The van der Waals surface area contributed by atoms with Crippen LogP contribution in [0.5, 0.6) is 0 Å². The van der Waals surface area contributed by atoms with Gasteiger partial charge in [0.25, 0.3) is 0 Å². The van der Waals surface area contributed by atoms with Crippen molar-refractivity contribution in [3.63, 3.8) is 0 Å². The van der Waals surface area contributed by atoms with Crippen LogP contribution >= 0.6 is 0 Å². The molecule has 1 aliphatic rings. The van der Waals surface area contributed by atoms with E-state index < -0.39 is 10.0 Å². The summed E-state index contributed by atoms with van der Waals surface area (Å²) >= 11 is 0. The van der Waals surface area contributed by atoms with Crippen LogP contribution in [0, 0.1) is 0 Å². The average molecular weight is 302 g/mol. The van der Waals surface area contributed by atoms with Crippen molar-refractivity contribution in [2.75, 3.05) is 39.8 Å². The number of H-pyrrole nitrogens is 1. The van der Waals surface area contributed by atoms with Crippen molar-refractivity contribution in [1.29, 1.82) is 0 Å². The van der Waals surface area contributed by atoms with Gasteiger partial charge in [0, 0.05) is 38.9 Å². The summed E-state index contributed by atoms with van der Waals surface area (Å²) in [6.45, 7) is 2.62. The van der Waals surface area contributed by atoms with Gasteiger partial charge in [0.15, 0.2) is 0 Å². The number of sulfonamides is 1. The molecule has 2 heterocycles. The number of ether oxygens (including phenoxy) is 1. The predicted molar refractivity (Wildman–Crippen MR) is 70.4 cm³/mol. The van der Waals surface area contributed by atoms with Gasteiger partial charge < -0.3 is 9.64 Å². The number of carbonyl (C=O) groups is 1. The number of hydrogen-bond acceptors (Lipinski definition) is 6. The molecule has 20 heavy (non-hydrogen) atoms. The number of aromatic nitrogens is 2. The molecule has 0 amide bonds. The molecule has 1 saturated heterocycles. The van der Waals surface area contributed by atoms with E-state index in [1.807, 2.05) is 0 Å². The zero-order valence-corrected chi connectivity index (χ0v) is 12.1. The van der Waals surface area contributed by atoms with E-state index in [4.69, 9.17) is 0 Å². The maximum absolute atomic E-state index is 12.2. The summed E-state index contributed by atoms with van der Waals surface area (Å²) in [7, 11) is -2.10. The van der Waals surface area contributed by atoms with Gasteiger partial charge in [-0.3, -0.25) is 9.89 Å². The standard InChI is InChI=1S/C11H18N4O4S/c1-19-11(16)2-3-14-4-6-15(7-5-14)20(17,18)10-8-12-13-9-10/h8-9H,2-7H2,1H3,(H,12,13). The summed E-state index contributed by atoms with van der Waals surface area (Å²) < 4.78 is 30.5. The van der Waals surface area contributed by atoms with Gasteiger partial charge in [-0.25, -0.2) is 8.42 Å². The molecular formula is C11H18N4O4S. The highest BCUT2D eigenvalue weighted by Gasteiger charge is 2.29. The lowest BCUT2D eigenvalue weighted by Gasteiger charge is -2.33. The molecular weight excluding hydrogens is 284 g/mol. The fourth-order valence-electron chi connectivity index (χ4n) is 2.07. The molecule has 0 atom stereocenters. The molecule has 0 saturated carbocycles. The van der Waals surface area contributed by atoms with Crippen LogP contribution < -0.4 is 0 Å². The second-order valence-corrected chi connectivity index (χ2v) is 6.44. The number of piperazine rings is 1. The smallest absolute Gasteiger partial charge is 0.306 e. The van der Waals surface area contributed by atoms with Gasteiger partial charge >= 0.3 is 5.97 Å². The Bertz CT molecular complexity index is 535. The fraction of sp³-hybridized carbons (Fsp3) is 0.636. The SMILES string of the molecule is COC(=O)CCN1CCN(S(=O)(=O)c2cn[nH]c2)CC1. The number of hydrogen-bond donors (Lipinski definition) is 1. The van der Waals surface area contributed by atoms with E-state index in [0.29, 0.717) is 39.1 Å². The summed E-state index contributed by atoms with van der Waals surface area (Å²) in [5, 5.41) is 6.17. The van der Waals surface area contributed by atoms with Gasteiger partial charge in [0.1, 0.15) is 4.90 Å². The average Bonchev–Trinajstić information content (AvgIpc) is 3.00. The summed E-state index contributed by atoms with van der Waals surface area (Å²) in [6, 6.07) is 0. The van der Waals surface area contributed by atoms with Crippen molar-refractivity contribution >= 4 is 16.0 Å². The number of aromatic amines is 1. The van der Waals surface area contributed by atoms with Crippen LogP contribution in [0.25, 0.3) is 0 Å². The van der Waals surface area contributed by atoms with Gasteiger partial charge in [-0.2, -0.15) is 9.40 Å². The van der Waals surface area contributed by atoms with Gasteiger partial charge in [0.2, 0.25) is 10.0 Å².